The molecule has 6 nitrogen and oxygen atoms in total. The first kappa shape index (κ1) is 20.1. The van der Waals surface area contributed by atoms with Crippen molar-refractivity contribution >= 4 is 11.6 Å². The predicted octanol–water partition coefficient (Wildman–Crippen LogP) is 3.29. The van der Waals surface area contributed by atoms with E-state index < -0.39 is 0 Å². The summed E-state index contributed by atoms with van der Waals surface area (Å²) < 4.78 is 16.4. The molecule has 1 aromatic carbocycles. The molecule has 136 valence electrons. The molecular weight excluding hydrogens is 306 g/mol. The van der Waals surface area contributed by atoms with Crippen LogP contribution in [-0.2, 0) is 4.74 Å². The van der Waals surface area contributed by atoms with Crippen molar-refractivity contribution in [3.8, 4) is 11.5 Å². The molecule has 0 aromatic heterocycles. The Labute approximate surface area is 145 Å². The molecule has 0 saturated heterocycles. The third kappa shape index (κ3) is 7.55. The van der Waals surface area contributed by atoms with Gasteiger partial charge in [-0.1, -0.05) is 13.3 Å². The first-order valence-electron chi connectivity index (χ1n) is 8.61. The van der Waals surface area contributed by atoms with Gasteiger partial charge in [-0.25, -0.2) is 0 Å². The first-order valence-corrected chi connectivity index (χ1v) is 8.61. The van der Waals surface area contributed by atoms with E-state index in [0.717, 1.165) is 50.0 Å². The highest BCUT2D eigenvalue weighted by Crippen LogP contribution is 2.30. The quantitative estimate of drug-likeness (QED) is 0.368. The Balaban J connectivity index is 2.43. The van der Waals surface area contributed by atoms with Gasteiger partial charge in [0, 0.05) is 38.6 Å². The molecule has 0 heterocycles. The van der Waals surface area contributed by atoms with E-state index in [0.29, 0.717) is 12.4 Å². The average Bonchev–Trinajstić information content (AvgIpc) is 2.60. The standard InChI is InChI=1S/C18H31N3O3/c1-5-7-12-23-13-8-11-20-18(19-3)21-15-9-10-16(22-4)17(14-15)24-6-2/h9-10,14H,5-8,11-13H2,1-4H3,(H2,19,20,21). The maximum Gasteiger partial charge on any atom is 0.195 e. The number of hydrogen-bond donors (Lipinski definition) is 2. The number of unbranched alkanes of at least 4 members (excludes halogenated alkanes) is 1. The van der Waals surface area contributed by atoms with Crippen LogP contribution in [0.3, 0.4) is 0 Å². The van der Waals surface area contributed by atoms with Crippen LogP contribution in [0.1, 0.15) is 33.1 Å². The number of nitrogens with one attached hydrogen (secondary N) is 2. The van der Waals surface area contributed by atoms with Gasteiger partial charge in [0.05, 0.1) is 13.7 Å². The van der Waals surface area contributed by atoms with E-state index in [4.69, 9.17) is 14.2 Å². The lowest BCUT2D eigenvalue weighted by atomic mass is 10.2. The highest BCUT2D eigenvalue weighted by molar-refractivity contribution is 5.93. The van der Waals surface area contributed by atoms with Crippen molar-refractivity contribution < 1.29 is 14.2 Å². The zero-order valence-electron chi connectivity index (χ0n) is 15.4. The van der Waals surface area contributed by atoms with Crippen molar-refractivity contribution in [2.45, 2.75) is 33.1 Å². The molecule has 0 aliphatic carbocycles. The molecule has 0 amide bonds. The van der Waals surface area contributed by atoms with E-state index in [1.165, 1.54) is 6.42 Å². The van der Waals surface area contributed by atoms with Gasteiger partial charge >= 0.3 is 0 Å². The minimum atomic E-state index is 0.588. The molecule has 6 heteroatoms. The van der Waals surface area contributed by atoms with Crippen molar-refractivity contribution in [1.29, 1.82) is 0 Å². The van der Waals surface area contributed by atoms with Gasteiger partial charge in [-0.2, -0.15) is 0 Å². The van der Waals surface area contributed by atoms with Crippen LogP contribution >= 0.6 is 0 Å². The van der Waals surface area contributed by atoms with Crippen molar-refractivity contribution in [2.75, 3.05) is 45.8 Å². The molecule has 0 bridgehead atoms. The molecule has 1 rings (SSSR count). The van der Waals surface area contributed by atoms with Gasteiger partial charge in [0.25, 0.3) is 0 Å². The Hall–Kier alpha value is -1.95. The zero-order chi connectivity index (χ0) is 17.6. The Kier molecular flexibility index (Phi) is 10.4. The van der Waals surface area contributed by atoms with Gasteiger partial charge in [-0.05, 0) is 31.9 Å². The minimum absolute atomic E-state index is 0.588. The number of anilines is 1. The minimum Gasteiger partial charge on any atom is -0.493 e. The van der Waals surface area contributed by atoms with E-state index in [-0.39, 0.29) is 0 Å². The topological polar surface area (TPSA) is 64.1 Å². The smallest absolute Gasteiger partial charge is 0.195 e. The number of rotatable bonds is 11. The Morgan fingerprint density at radius 2 is 1.92 bits per heavy atom. The number of nitrogens with zero attached hydrogens (tertiary/aromatic N) is 1. The van der Waals surface area contributed by atoms with Gasteiger partial charge in [-0.3, -0.25) is 4.99 Å². The van der Waals surface area contributed by atoms with Crippen LogP contribution in [0.4, 0.5) is 5.69 Å². The maximum absolute atomic E-state index is 5.59. The van der Waals surface area contributed by atoms with Gasteiger partial charge < -0.3 is 24.8 Å². The molecule has 0 aliphatic rings. The normalized spacial score (nSPS) is 11.2. The fraction of sp³-hybridized carbons (Fsp3) is 0.611. The van der Waals surface area contributed by atoms with Crippen LogP contribution in [0.25, 0.3) is 0 Å². The molecule has 0 saturated carbocycles. The van der Waals surface area contributed by atoms with Crippen LogP contribution in [0, 0.1) is 0 Å². The number of aliphatic imine (C=N–C) groups is 1. The second-order valence-electron chi connectivity index (χ2n) is 5.24. The molecule has 24 heavy (non-hydrogen) atoms. The largest absolute Gasteiger partial charge is 0.493 e. The summed E-state index contributed by atoms with van der Waals surface area (Å²) in [5.74, 6) is 2.15. The number of benzene rings is 1. The second-order valence-corrected chi connectivity index (χ2v) is 5.24. The Morgan fingerprint density at radius 1 is 1.12 bits per heavy atom. The zero-order valence-corrected chi connectivity index (χ0v) is 15.4. The monoisotopic (exact) mass is 337 g/mol. The predicted molar refractivity (Wildman–Crippen MR) is 99.5 cm³/mol. The molecule has 0 aliphatic heterocycles. The summed E-state index contributed by atoms with van der Waals surface area (Å²) >= 11 is 0. The lowest BCUT2D eigenvalue weighted by Crippen LogP contribution is -2.31. The number of ether oxygens (including phenoxy) is 3. The highest BCUT2D eigenvalue weighted by Gasteiger charge is 2.06. The summed E-state index contributed by atoms with van der Waals surface area (Å²) in [4.78, 5) is 4.23. The molecule has 0 atom stereocenters. The lowest BCUT2D eigenvalue weighted by molar-refractivity contribution is 0.129. The summed E-state index contributed by atoms with van der Waals surface area (Å²) in [6.07, 6.45) is 3.23. The van der Waals surface area contributed by atoms with E-state index in [9.17, 15) is 0 Å². The van der Waals surface area contributed by atoms with Gasteiger partial charge in [0.1, 0.15) is 0 Å². The molecule has 0 unspecified atom stereocenters. The molecule has 0 fully saturated rings. The van der Waals surface area contributed by atoms with E-state index in [2.05, 4.69) is 22.5 Å². The highest BCUT2D eigenvalue weighted by atomic mass is 16.5. The number of methoxy groups -OCH3 is 1. The Morgan fingerprint density at radius 3 is 2.58 bits per heavy atom. The van der Waals surface area contributed by atoms with Gasteiger partial charge in [0.15, 0.2) is 17.5 Å². The van der Waals surface area contributed by atoms with Crippen LogP contribution in [-0.4, -0.2) is 46.5 Å². The number of guanidine groups is 1. The third-order valence-electron chi connectivity index (χ3n) is 3.35. The maximum atomic E-state index is 5.59. The van der Waals surface area contributed by atoms with E-state index in [1.807, 2.05) is 25.1 Å². The molecule has 0 radical (unpaired) electrons. The van der Waals surface area contributed by atoms with Crippen molar-refractivity contribution in [1.82, 2.24) is 5.32 Å². The fourth-order valence-electron chi connectivity index (χ4n) is 2.07. The van der Waals surface area contributed by atoms with Crippen molar-refractivity contribution in [2.24, 2.45) is 4.99 Å². The SMILES string of the molecule is CCCCOCCCNC(=NC)Nc1ccc(OC)c(OCC)c1. The van der Waals surface area contributed by atoms with Crippen LogP contribution < -0.4 is 20.1 Å². The molecule has 2 N–H and O–H groups in total. The van der Waals surface area contributed by atoms with Crippen LogP contribution in [0.2, 0.25) is 0 Å². The summed E-state index contributed by atoms with van der Waals surface area (Å²) in [5, 5.41) is 6.53. The third-order valence-corrected chi connectivity index (χ3v) is 3.35. The van der Waals surface area contributed by atoms with E-state index in [1.54, 1.807) is 14.2 Å². The molecule has 1 aromatic rings. The van der Waals surface area contributed by atoms with Crippen molar-refractivity contribution in [3.63, 3.8) is 0 Å². The van der Waals surface area contributed by atoms with Crippen LogP contribution in [0.5, 0.6) is 11.5 Å². The van der Waals surface area contributed by atoms with Gasteiger partial charge in [-0.15, -0.1) is 0 Å². The first-order chi connectivity index (χ1) is 11.7. The van der Waals surface area contributed by atoms with Crippen molar-refractivity contribution in [3.05, 3.63) is 18.2 Å². The summed E-state index contributed by atoms with van der Waals surface area (Å²) in [6.45, 7) is 7.11. The van der Waals surface area contributed by atoms with E-state index >= 15 is 0 Å². The Bertz CT molecular complexity index is 492. The lowest BCUT2D eigenvalue weighted by Gasteiger charge is -2.14. The summed E-state index contributed by atoms with van der Waals surface area (Å²) in [5.41, 5.74) is 0.895. The fourth-order valence-corrected chi connectivity index (χ4v) is 2.07. The number of hydrogen-bond acceptors (Lipinski definition) is 4. The van der Waals surface area contributed by atoms with Crippen LogP contribution in [0.15, 0.2) is 23.2 Å². The average molecular weight is 337 g/mol. The molecular formula is C18H31N3O3. The van der Waals surface area contributed by atoms with Gasteiger partial charge in [0.2, 0.25) is 0 Å². The second kappa shape index (κ2) is 12.5. The summed E-state index contributed by atoms with van der Waals surface area (Å²) in [6, 6.07) is 5.72. The summed E-state index contributed by atoms with van der Waals surface area (Å²) in [7, 11) is 3.38. The molecule has 0 spiro atoms.